The number of nitrogens with zero attached hydrogens (tertiary/aromatic N) is 2. The molecule has 0 bridgehead atoms. The van der Waals surface area contributed by atoms with Gasteiger partial charge in [0.1, 0.15) is 5.75 Å². The van der Waals surface area contributed by atoms with Crippen LogP contribution in [0, 0.1) is 12.3 Å². The molecule has 2 fully saturated rings. The van der Waals surface area contributed by atoms with Crippen molar-refractivity contribution in [1.29, 1.82) is 0 Å². The van der Waals surface area contributed by atoms with Crippen molar-refractivity contribution in [3.05, 3.63) is 23.2 Å². The minimum absolute atomic E-state index is 0.0472. The SMILES string of the molecule is C#CCN(CC1CCCO1)C(=O)NC1CCN(c2cc(Cl)ccc2OC)C1. The zero-order valence-electron chi connectivity index (χ0n) is 15.6. The van der Waals surface area contributed by atoms with Crippen molar-refractivity contribution in [2.24, 2.45) is 0 Å². The molecule has 146 valence electrons. The summed E-state index contributed by atoms with van der Waals surface area (Å²) in [5.74, 6) is 3.35. The second kappa shape index (κ2) is 9.20. The number of carbonyl (C=O) groups is 1. The highest BCUT2D eigenvalue weighted by Gasteiger charge is 2.28. The van der Waals surface area contributed by atoms with E-state index in [1.54, 1.807) is 12.0 Å². The van der Waals surface area contributed by atoms with Gasteiger partial charge >= 0.3 is 6.03 Å². The number of hydrogen-bond donors (Lipinski definition) is 1. The number of hydrogen-bond acceptors (Lipinski definition) is 4. The van der Waals surface area contributed by atoms with E-state index in [1.807, 2.05) is 18.2 Å². The molecular weight excluding hydrogens is 366 g/mol. The van der Waals surface area contributed by atoms with Crippen LogP contribution in [-0.4, -0.2) is 63.0 Å². The zero-order valence-corrected chi connectivity index (χ0v) is 16.4. The lowest BCUT2D eigenvalue weighted by atomic mass is 10.2. The van der Waals surface area contributed by atoms with E-state index in [2.05, 4.69) is 16.1 Å². The number of methoxy groups -OCH3 is 1. The Hall–Kier alpha value is -2.10. The average Bonchev–Trinajstić information content (AvgIpc) is 3.33. The van der Waals surface area contributed by atoms with Gasteiger partial charge in [-0.15, -0.1) is 6.42 Å². The van der Waals surface area contributed by atoms with E-state index in [1.165, 1.54) is 0 Å². The summed E-state index contributed by atoms with van der Waals surface area (Å²) in [4.78, 5) is 16.5. The third kappa shape index (κ3) is 5.00. The fourth-order valence-corrected chi connectivity index (χ4v) is 3.80. The molecule has 0 saturated carbocycles. The summed E-state index contributed by atoms with van der Waals surface area (Å²) in [5, 5.41) is 3.77. The molecule has 6 nitrogen and oxygen atoms in total. The minimum Gasteiger partial charge on any atom is -0.495 e. The number of rotatable bonds is 6. The summed E-state index contributed by atoms with van der Waals surface area (Å²) in [6.07, 6.45) is 8.39. The van der Waals surface area contributed by atoms with E-state index in [9.17, 15) is 4.79 Å². The fourth-order valence-electron chi connectivity index (χ4n) is 3.64. The van der Waals surface area contributed by atoms with Crippen molar-refractivity contribution < 1.29 is 14.3 Å². The van der Waals surface area contributed by atoms with Crippen molar-refractivity contribution in [2.75, 3.05) is 44.8 Å². The molecule has 2 saturated heterocycles. The molecule has 0 aromatic heterocycles. The molecule has 2 aliphatic heterocycles. The van der Waals surface area contributed by atoms with E-state index in [-0.39, 0.29) is 24.7 Å². The average molecular weight is 392 g/mol. The molecule has 2 unspecified atom stereocenters. The summed E-state index contributed by atoms with van der Waals surface area (Å²) in [7, 11) is 1.64. The zero-order chi connectivity index (χ0) is 19.2. The van der Waals surface area contributed by atoms with E-state index in [0.29, 0.717) is 18.1 Å². The normalized spacial score (nSPS) is 21.7. The van der Waals surface area contributed by atoms with Crippen molar-refractivity contribution >= 4 is 23.3 Å². The summed E-state index contributed by atoms with van der Waals surface area (Å²) >= 11 is 6.14. The molecule has 1 N–H and O–H groups in total. The summed E-state index contributed by atoms with van der Waals surface area (Å²) in [6.45, 7) is 3.10. The first-order valence-electron chi connectivity index (χ1n) is 9.29. The van der Waals surface area contributed by atoms with Crippen molar-refractivity contribution in [2.45, 2.75) is 31.4 Å². The first kappa shape index (κ1) is 19.7. The fraction of sp³-hybridized carbons (Fsp3) is 0.550. The Morgan fingerprint density at radius 2 is 2.37 bits per heavy atom. The maximum Gasteiger partial charge on any atom is 0.318 e. The standard InChI is InChI=1S/C20H26ClN3O3/c1-3-9-24(14-17-5-4-11-27-17)20(25)22-16-8-10-23(13-16)18-12-15(21)6-7-19(18)26-2/h1,6-7,12,16-17H,4-5,8-11,13-14H2,2H3,(H,22,25). The summed E-state index contributed by atoms with van der Waals surface area (Å²) in [6, 6.07) is 5.48. The molecule has 3 rings (SSSR count). The first-order chi connectivity index (χ1) is 13.1. The number of terminal acetylenes is 1. The van der Waals surface area contributed by atoms with Gasteiger partial charge in [0.05, 0.1) is 25.4 Å². The van der Waals surface area contributed by atoms with Crippen LogP contribution in [0.5, 0.6) is 5.75 Å². The Kier molecular flexibility index (Phi) is 6.70. The Bertz CT molecular complexity index is 700. The highest BCUT2D eigenvalue weighted by atomic mass is 35.5. The van der Waals surface area contributed by atoms with Gasteiger partial charge in [-0.2, -0.15) is 0 Å². The summed E-state index contributed by atoms with van der Waals surface area (Å²) in [5.41, 5.74) is 0.946. The van der Waals surface area contributed by atoms with E-state index in [0.717, 1.165) is 43.9 Å². The number of ether oxygens (including phenoxy) is 2. The molecular formula is C20H26ClN3O3. The third-order valence-corrected chi connectivity index (χ3v) is 5.25. The lowest BCUT2D eigenvalue weighted by Crippen LogP contribution is -2.48. The smallest absolute Gasteiger partial charge is 0.318 e. The molecule has 1 aromatic carbocycles. The Morgan fingerprint density at radius 1 is 1.52 bits per heavy atom. The largest absolute Gasteiger partial charge is 0.495 e. The number of amides is 2. The van der Waals surface area contributed by atoms with Gasteiger partial charge in [-0.05, 0) is 37.5 Å². The van der Waals surface area contributed by atoms with Crippen molar-refractivity contribution in [1.82, 2.24) is 10.2 Å². The Labute approximate surface area is 165 Å². The quantitative estimate of drug-likeness (QED) is 0.757. The predicted molar refractivity (Wildman–Crippen MR) is 107 cm³/mol. The Morgan fingerprint density at radius 3 is 3.07 bits per heavy atom. The number of halogens is 1. The molecule has 0 spiro atoms. The van der Waals surface area contributed by atoms with E-state index < -0.39 is 0 Å². The molecule has 0 radical (unpaired) electrons. The van der Waals surface area contributed by atoms with Crippen molar-refractivity contribution in [3.63, 3.8) is 0 Å². The number of nitrogens with one attached hydrogen (secondary N) is 1. The van der Waals surface area contributed by atoms with Gasteiger partial charge in [0.15, 0.2) is 0 Å². The number of benzene rings is 1. The van der Waals surface area contributed by atoms with Gasteiger partial charge in [-0.25, -0.2) is 4.79 Å². The number of urea groups is 1. The second-order valence-electron chi connectivity index (χ2n) is 6.92. The van der Waals surface area contributed by atoms with E-state index in [4.69, 9.17) is 27.5 Å². The molecule has 2 heterocycles. The molecule has 2 amide bonds. The van der Waals surface area contributed by atoms with Crippen LogP contribution in [0.4, 0.5) is 10.5 Å². The highest BCUT2D eigenvalue weighted by Crippen LogP contribution is 2.33. The van der Waals surface area contributed by atoms with Crippen LogP contribution in [0.2, 0.25) is 5.02 Å². The van der Waals surface area contributed by atoms with Crippen molar-refractivity contribution in [3.8, 4) is 18.1 Å². The highest BCUT2D eigenvalue weighted by molar-refractivity contribution is 6.30. The van der Waals surface area contributed by atoms with Gasteiger partial charge < -0.3 is 24.6 Å². The van der Waals surface area contributed by atoms with Crippen LogP contribution in [0.25, 0.3) is 0 Å². The lowest BCUT2D eigenvalue weighted by Gasteiger charge is -2.26. The van der Waals surface area contributed by atoms with Gasteiger partial charge in [0.25, 0.3) is 0 Å². The molecule has 27 heavy (non-hydrogen) atoms. The number of carbonyl (C=O) groups excluding carboxylic acids is 1. The number of anilines is 1. The molecule has 2 aliphatic rings. The lowest BCUT2D eigenvalue weighted by molar-refractivity contribution is 0.0842. The monoisotopic (exact) mass is 391 g/mol. The molecule has 1 aromatic rings. The van der Waals surface area contributed by atoms with Crippen LogP contribution in [0.1, 0.15) is 19.3 Å². The van der Waals surface area contributed by atoms with Gasteiger partial charge in [-0.1, -0.05) is 17.5 Å². The van der Waals surface area contributed by atoms with Gasteiger partial charge in [0, 0.05) is 37.3 Å². The van der Waals surface area contributed by atoms with Crippen LogP contribution >= 0.6 is 11.6 Å². The second-order valence-corrected chi connectivity index (χ2v) is 7.35. The first-order valence-corrected chi connectivity index (χ1v) is 9.67. The topological polar surface area (TPSA) is 54.0 Å². The predicted octanol–water partition coefficient (Wildman–Crippen LogP) is 2.75. The molecule has 2 atom stereocenters. The van der Waals surface area contributed by atoms with Crippen LogP contribution in [0.3, 0.4) is 0 Å². The van der Waals surface area contributed by atoms with Gasteiger partial charge in [-0.3, -0.25) is 0 Å². The van der Waals surface area contributed by atoms with Crippen LogP contribution < -0.4 is 15.0 Å². The Balaban J connectivity index is 1.59. The molecule has 0 aliphatic carbocycles. The molecule has 7 heteroatoms. The van der Waals surface area contributed by atoms with Gasteiger partial charge in [0.2, 0.25) is 0 Å². The van der Waals surface area contributed by atoms with E-state index >= 15 is 0 Å². The third-order valence-electron chi connectivity index (χ3n) is 5.01. The summed E-state index contributed by atoms with van der Waals surface area (Å²) < 4.78 is 11.1. The minimum atomic E-state index is -0.131. The van der Waals surface area contributed by atoms with Crippen LogP contribution in [0.15, 0.2) is 18.2 Å². The van der Waals surface area contributed by atoms with Crippen LogP contribution in [-0.2, 0) is 4.74 Å². The maximum atomic E-state index is 12.7. The maximum absolute atomic E-state index is 12.7.